The number of benzene rings is 1. The van der Waals surface area contributed by atoms with Gasteiger partial charge < -0.3 is 14.7 Å². The van der Waals surface area contributed by atoms with Crippen molar-refractivity contribution in [2.75, 3.05) is 19.8 Å². The number of aliphatic hydroxyl groups is 1. The summed E-state index contributed by atoms with van der Waals surface area (Å²) in [7, 11) is 0. The number of rotatable bonds is 3. The molecule has 0 saturated carbocycles. The minimum Gasteiger partial charge on any atom is -0.393 e. The smallest absolute Gasteiger partial charge is 0.227 e. The van der Waals surface area contributed by atoms with Gasteiger partial charge in [0, 0.05) is 25.1 Å². The predicted molar refractivity (Wildman–Crippen MR) is 91.8 cm³/mol. The highest BCUT2D eigenvalue weighted by Crippen LogP contribution is 2.30. The van der Waals surface area contributed by atoms with Gasteiger partial charge in [-0.25, -0.2) is 0 Å². The van der Waals surface area contributed by atoms with E-state index in [-0.39, 0.29) is 24.0 Å². The lowest BCUT2D eigenvalue weighted by atomic mass is 9.89. The standard InChI is InChI=1S/C20H27NO3/c22-19-8-10-24-13-17(19)18-5-2-9-21(18)20(23)12-14-6-7-15-3-1-4-16(15)11-14/h6-7,11,17-19,22H,1-5,8-10,12-13H2/t17-,18-,19+/m1/s1. The van der Waals surface area contributed by atoms with Gasteiger partial charge in [0.05, 0.1) is 19.1 Å². The summed E-state index contributed by atoms with van der Waals surface area (Å²) in [4.78, 5) is 14.9. The number of fused-ring (bicyclic) bond motifs is 1. The molecule has 0 unspecified atom stereocenters. The van der Waals surface area contributed by atoms with Crippen LogP contribution in [-0.2, 0) is 28.8 Å². The molecule has 2 aliphatic heterocycles. The third kappa shape index (κ3) is 3.09. The maximum Gasteiger partial charge on any atom is 0.227 e. The molecule has 24 heavy (non-hydrogen) atoms. The van der Waals surface area contributed by atoms with E-state index >= 15 is 0 Å². The number of amides is 1. The second kappa shape index (κ2) is 6.85. The van der Waals surface area contributed by atoms with Crippen LogP contribution in [0.1, 0.15) is 42.4 Å². The molecule has 4 rings (SSSR count). The molecule has 1 aliphatic carbocycles. The van der Waals surface area contributed by atoms with E-state index < -0.39 is 0 Å². The van der Waals surface area contributed by atoms with Crippen LogP contribution in [0.25, 0.3) is 0 Å². The summed E-state index contributed by atoms with van der Waals surface area (Å²) in [5.41, 5.74) is 4.01. The molecular weight excluding hydrogens is 302 g/mol. The zero-order chi connectivity index (χ0) is 16.5. The van der Waals surface area contributed by atoms with Gasteiger partial charge in [-0.05, 0) is 55.2 Å². The number of likely N-dealkylation sites (tertiary alicyclic amines) is 1. The van der Waals surface area contributed by atoms with Gasteiger partial charge in [0.1, 0.15) is 0 Å². The molecule has 2 fully saturated rings. The van der Waals surface area contributed by atoms with Crippen molar-refractivity contribution in [1.29, 1.82) is 0 Å². The Morgan fingerprint density at radius 2 is 2.08 bits per heavy atom. The van der Waals surface area contributed by atoms with Crippen LogP contribution in [0.4, 0.5) is 0 Å². The Bertz CT molecular complexity index is 615. The number of nitrogens with zero attached hydrogens (tertiary/aromatic N) is 1. The van der Waals surface area contributed by atoms with Crippen LogP contribution in [0.2, 0.25) is 0 Å². The maximum absolute atomic E-state index is 12.9. The summed E-state index contributed by atoms with van der Waals surface area (Å²) in [5, 5.41) is 10.3. The van der Waals surface area contributed by atoms with E-state index in [1.54, 1.807) is 0 Å². The minimum atomic E-state index is -0.336. The number of carbonyl (C=O) groups excluding carboxylic acids is 1. The predicted octanol–water partition coefficient (Wildman–Crippen LogP) is 2.11. The Hall–Kier alpha value is -1.39. The molecule has 130 valence electrons. The highest BCUT2D eigenvalue weighted by atomic mass is 16.5. The molecule has 1 aromatic carbocycles. The zero-order valence-corrected chi connectivity index (χ0v) is 14.2. The third-order valence-corrected chi connectivity index (χ3v) is 5.99. The van der Waals surface area contributed by atoms with Crippen LogP contribution in [-0.4, -0.2) is 47.8 Å². The average molecular weight is 329 g/mol. The summed E-state index contributed by atoms with van der Waals surface area (Å²) < 4.78 is 5.56. The molecule has 1 amide bonds. The average Bonchev–Trinajstić information content (AvgIpc) is 3.24. The molecule has 0 aromatic heterocycles. The first-order chi connectivity index (χ1) is 11.7. The van der Waals surface area contributed by atoms with Crippen LogP contribution in [0.3, 0.4) is 0 Å². The van der Waals surface area contributed by atoms with Gasteiger partial charge in [0.15, 0.2) is 0 Å². The van der Waals surface area contributed by atoms with E-state index in [2.05, 4.69) is 18.2 Å². The number of aryl methyl sites for hydroxylation is 2. The van der Waals surface area contributed by atoms with E-state index in [4.69, 9.17) is 4.74 Å². The van der Waals surface area contributed by atoms with Crippen molar-refractivity contribution in [3.8, 4) is 0 Å². The van der Waals surface area contributed by atoms with Crippen molar-refractivity contribution in [3.63, 3.8) is 0 Å². The summed E-state index contributed by atoms with van der Waals surface area (Å²) in [6.45, 7) is 2.03. The maximum atomic E-state index is 12.9. The fourth-order valence-corrected chi connectivity index (χ4v) is 4.67. The molecule has 2 heterocycles. The first kappa shape index (κ1) is 16.1. The van der Waals surface area contributed by atoms with E-state index in [0.29, 0.717) is 26.1 Å². The quantitative estimate of drug-likeness (QED) is 0.924. The number of aliphatic hydroxyl groups excluding tert-OH is 1. The zero-order valence-electron chi connectivity index (χ0n) is 14.2. The molecule has 1 N–H and O–H groups in total. The summed E-state index contributed by atoms with van der Waals surface area (Å²) in [6, 6.07) is 6.68. The Kier molecular flexibility index (Phi) is 4.59. The molecule has 1 aromatic rings. The number of carbonyl (C=O) groups is 1. The summed E-state index contributed by atoms with van der Waals surface area (Å²) in [5.74, 6) is 0.276. The second-order valence-corrected chi connectivity index (χ2v) is 7.52. The Morgan fingerprint density at radius 1 is 1.21 bits per heavy atom. The number of ether oxygens (including phenoxy) is 1. The van der Waals surface area contributed by atoms with Crippen molar-refractivity contribution in [2.24, 2.45) is 5.92 Å². The first-order valence-corrected chi connectivity index (χ1v) is 9.38. The second-order valence-electron chi connectivity index (χ2n) is 7.52. The van der Waals surface area contributed by atoms with Gasteiger partial charge in [-0.2, -0.15) is 0 Å². The first-order valence-electron chi connectivity index (χ1n) is 9.38. The van der Waals surface area contributed by atoms with Crippen molar-refractivity contribution in [3.05, 3.63) is 34.9 Å². The largest absolute Gasteiger partial charge is 0.393 e. The molecule has 4 nitrogen and oxygen atoms in total. The molecule has 2 saturated heterocycles. The highest BCUT2D eigenvalue weighted by Gasteiger charge is 2.39. The van der Waals surface area contributed by atoms with Crippen LogP contribution >= 0.6 is 0 Å². The number of hydrogen-bond donors (Lipinski definition) is 1. The molecule has 0 spiro atoms. The molecule has 4 heteroatoms. The van der Waals surface area contributed by atoms with Crippen LogP contribution < -0.4 is 0 Å². The fraction of sp³-hybridized carbons (Fsp3) is 0.650. The highest BCUT2D eigenvalue weighted by molar-refractivity contribution is 5.79. The van der Waals surface area contributed by atoms with Crippen molar-refractivity contribution < 1.29 is 14.6 Å². The summed E-state index contributed by atoms with van der Waals surface area (Å²) >= 11 is 0. The molecule has 0 radical (unpaired) electrons. The van der Waals surface area contributed by atoms with Crippen molar-refractivity contribution in [1.82, 2.24) is 4.90 Å². The van der Waals surface area contributed by atoms with E-state index in [0.717, 1.165) is 31.4 Å². The Labute approximate surface area is 143 Å². The summed E-state index contributed by atoms with van der Waals surface area (Å²) in [6.07, 6.45) is 6.41. The molecular formula is C20H27NO3. The lowest BCUT2D eigenvalue weighted by Crippen LogP contribution is -2.48. The lowest BCUT2D eigenvalue weighted by Gasteiger charge is -2.37. The number of hydrogen-bond acceptors (Lipinski definition) is 3. The SMILES string of the molecule is O=C(Cc1ccc2c(c1)CCC2)N1CCC[C@@H]1[C@H]1COCC[C@@H]1O. The van der Waals surface area contributed by atoms with Crippen LogP contribution in [0.5, 0.6) is 0 Å². The molecule has 3 aliphatic rings. The molecule has 0 bridgehead atoms. The van der Waals surface area contributed by atoms with Gasteiger partial charge in [-0.3, -0.25) is 4.79 Å². The van der Waals surface area contributed by atoms with Crippen molar-refractivity contribution >= 4 is 5.91 Å². The van der Waals surface area contributed by atoms with Gasteiger partial charge in [0.2, 0.25) is 5.91 Å². The van der Waals surface area contributed by atoms with Gasteiger partial charge in [0.25, 0.3) is 0 Å². The third-order valence-electron chi connectivity index (χ3n) is 5.99. The fourth-order valence-electron chi connectivity index (χ4n) is 4.67. The van der Waals surface area contributed by atoms with Crippen molar-refractivity contribution in [2.45, 2.75) is 57.1 Å². The van der Waals surface area contributed by atoms with E-state index in [1.165, 1.54) is 24.0 Å². The minimum absolute atomic E-state index is 0.0743. The van der Waals surface area contributed by atoms with Crippen LogP contribution in [0, 0.1) is 5.92 Å². The van der Waals surface area contributed by atoms with Gasteiger partial charge in [-0.1, -0.05) is 18.2 Å². The van der Waals surface area contributed by atoms with Crippen LogP contribution in [0.15, 0.2) is 18.2 Å². The topological polar surface area (TPSA) is 49.8 Å². The Balaban J connectivity index is 1.45. The Morgan fingerprint density at radius 3 is 2.96 bits per heavy atom. The lowest BCUT2D eigenvalue weighted by molar-refractivity contribution is -0.135. The molecule has 3 atom stereocenters. The van der Waals surface area contributed by atoms with E-state index in [9.17, 15) is 9.90 Å². The monoisotopic (exact) mass is 329 g/mol. The van der Waals surface area contributed by atoms with Gasteiger partial charge >= 0.3 is 0 Å². The van der Waals surface area contributed by atoms with Gasteiger partial charge in [-0.15, -0.1) is 0 Å². The van der Waals surface area contributed by atoms with E-state index in [1.807, 2.05) is 4.90 Å². The normalized spacial score (nSPS) is 29.7.